The quantitative estimate of drug-likeness (QED) is 0.412. The molecule has 5 nitrogen and oxygen atoms in total. The predicted molar refractivity (Wildman–Crippen MR) is 99.3 cm³/mol. The molecule has 0 aromatic carbocycles. The Morgan fingerprint density at radius 3 is 3.00 bits per heavy atom. The first kappa shape index (κ1) is 18.7. The van der Waals surface area contributed by atoms with Crippen LogP contribution in [-0.4, -0.2) is 39.0 Å². The maximum absolute atomic E-state index is 11.5. The van der Waals surface area contributed by atoms with Crippen LogP contribution >= 0.6 is 35.3 Å². The lowest BCUT2D eigenvalue weighted by Gasteiger charge is -2.20. The van der Waals surface area contributed by atoms with Crippen LogP contribution in [-0.2, 0) is 16.3 Å². The number of rotatable bonds is 5. The molecule has 8 heteroatoms. The summed E-state index contributed by atoms with van der Waals surface area (Å²) >= 11 is 1.72. The van der Waals surface area contributed by atoms with E-state index in [9.17, 15) is 8.42 Å². The number of nitrogens with zero attached hydrogens (tertiary/aromatic N) is 1. The largest absolute Gasteiger partial charge is 0.370 e. The molecule has 0 spiro atoms. The first-order valence-electron chi connectivity index (χ1n) is 6.82. The highest BCUT2D eigenvalue weighted by Gasteiger charge is 2.24. The van der Waals surface area contributed by atoms with Gasteiger partial charge in [0.1, 0.15) is 0 Å². The van der Waals surface area contributed by atoms with Crippen molar-refractivity contribution in [1.82, 2.24) is 5.32 Å². The number of sulfone groups is 1. The van der Waals surface area contributed by atoms with Gasteiger partial charge in [-0.3, -0.25) is 4.99 Å². The number of nitrogens with two attached hydrogens (primary N) is 1. The SMILES string of the molecule is I.NC(=NCC1CCCS(=O)(=O)C1)NCCc1cccs1. The van der Waals surface area contributed by atoms with E-state index in [1.54, 1.807) is 11.3 Å². The Kier molecular flexibility index (Phi) is 7.96. The number of aliphatic imine (C=N–C) groups is 1. The third kappa shape index (κ3) is 6.96. The highest BCUT2D eigenvalue weighted by atomic mass is 127. The first-order valence-corrected chi connectivity index (χ1v) is 9.52. The first-order chi connectivity index (χ1) is 9.55. The molecule has 1 aliphatic heterocycles. The molecule has 1 atom stereocenters. The lowest BCUT2D eigenvalue weighted by molar-refractivity contribution is 0.493. The minimum absolute atomic E-state index is 0. The van der Waals surface area contributed by atoms with E-state index in [4.69, 9.17) is 5.73 Å². The summed E-state index contributed by atoms with van der Waals surface area (Å²) in [5, 5.41) is 5.12. The zero-order valence-corrected chi connectivity index (χ0v) is 15.8. The molecule has 1 aromatic heterocycles. The molecule has 1 aliphatic rings. The maximum Gasteiger partial charge on any atom is 0.188 e. The topological polar surface area (TPSA) is 84.5 Å². The second kappa shape index (κ2) is 8.94. The normalized spacial score (nSPS) is 21.5. The van der Waals surface area contributed by atoms with E-state index < -0.39 is 9.84 Å². The van der Waals surface area contributed by atoms with E-state index in [1.807, 2.05) is 6.07 Å². The molecular weight excluding hydrogens is 421 g/mol. The van der Waals surface area contributed by atoms with Crippen LogP contribution in [0, 0.1) is 5.92 Å². The molecular formula is C13H22IN3O2S2. The number of thiophene rings is 1. The van der Waals surface area contributed by atoms with E-state index in [0.29, 0.717) is 18.3 Å². The van der Waals surface area contributed by atoms with Crippen LogP contribution in [0.4, 0.5) is 0 Å². The average Bonchev–Trinajstić information content (AvgIpc) is 2.88. The van der Waals surface area contributed by atoms with Crippen molar-refractivity contribution < 1.29 is 8.42 Å². The lowest BCUT2D eigenvalue weighted by Crippen LogP contribution is -2.34. The van der Waals surface area contributed by atoms with Gasteiger partial charge in [0.25, 0.3) is 0 Å². The van der Waals surface area contributed by atoms with Crippen molar-refractivity contribution in [3.05, 3.63) is 22.4 Å². The summed E-state index contributed by atoms with van der Waals surface area (Å²) in [6.45, 7) is 1.25. The van der Waals surface area contributed by atoms with Crippen molar-refractivity contribution in [1.29, 1.82) is 0 Å². The molecule has 2 rings (SSSR count). The number of nitrogens with one attached hydrogen (secondary N) is 1. The van der Waals surface area contributed by atoms with Crippen LogP contribution in [0.1, 0.15) is 17.7 Å². The smallest absolute Gasteiger partial charge is 0.188 e. The van der Waals surface area contributed by atoms with Gasteiger partial charge in [0.05, 0.1) is 11.5 Å². The van der Waals surface area contributed by atoms with Gasteiger partial charge in [0.15, 0.2) is 15.8 Å². The van der Waals surface area contributed by atoms with Gasteiger partial charge in [-0.25, -0.2) is 8.42 Å². The summed E-state index contributed by atoms with van der Waals surface area (Å²) < 4.78 is 23.0. The lowest BCUT2D eigenvalue weighted by atomic mass is 10.1. The summed E-state index contributed by atoms with van der Waals surface area (Å²) in [6.07, 6.45) is 2.59. The summed E-state index contributed by atoms with van der Waals surface area (Å²) in [5.41, 5.74) is 5.79. The van der Waals surface area contributed by atoms with Crippen LogP contribution in [0.3, 0.4) is 0 Å². The van der Waals surface area contributed by atoms with Crippen molar-refractivity contribution in [2.45, 2.75) is 19.3 Å². The minimum Gasteiger partial charge on any atom is -0.370 e. The van der Waals surface area contributed by atoms with Crippen molar-refractivity contribution in [2.24, 2.45) is 16.6 Å². The van der Waals surface area contributed by atoms with E-state index in [-0.39, 0.29) is 35.6 Å². The van der Waals surface area contributed by atoms with Gasteiger partial charge in [-0.2, -0.15) is 0 Å². The van der Waals surface area contributed by atoms with Crippen molar-refractivity contribution in [3.63, 3.8) is 0 Å². The average molecular weight is 443 g/mol. The molecule has 0 bridgehead atoms. The molecule has 3 N–H and O–H groups in total. The molecule has 1 saturated heterocycles. The van der Waals surface area contributed by atoms with Gasteiger partial charge in [-0.05, 0) is 36.6 Å². The van der Waals surface area contributed by atoms with E-state index in [2.05, 4.69) is 21.8 Å². The Bertz CT molecular complexity index is 544. The van der Waals surface area contributed by atoms with Crippen molar-refractivity contribution in [2.75, 3.05) is 24.6 Å². The molecule has 2 heterocycles. The zero-order chi connectivity index (χ0) is 14.4. The van der Waals surface area contributed by atoms with Gasteiger partial charge in [-0.15, -0.1) is 35.3 Å². The van der Waals surface area contributed by atoms with E-state index in [1.165, 1.54) is 4.88 Å². The van der Waals surface area contributed by atoms with Crippen LogP contribution < -0.4 is 11.1 Å². The number of guanidine groups is 1. The van der Waals surface area contributed by atoms with Crippen LogP contribution in [0.25, 0.3) is 0 Å². The van der Waals surface area contributed by atoms with Gasteiger partial charge >= 0.3 is 0 Å². The molecule has 1 fully saturated rings. The zero-order valence-electron chi connectivity index (χ0n) is 11.8. The Balaban J connectivity index is 0.00000220. The fraction of sp³-hybridized carbons (Fsp3) is 0.615. The highest BCUT2D eigenvalue weighted by Crippen LogP contribution is 2.18. The van der Waals surface area contributed by atoms with Crippen LogP contribution in [0.5, 0.6) is 0 Å². The minimum atomic E-state index is -2.86. The monoisotopic (exact) mass is 443 g/mol. The molecule has 1 unspecified atom stereocenters. The van der Waals surface area contributed by atoms with Crippen molar-refractivity contribution in [3.8, 4) is 0 Å². The molecule has 0 amide bonds. The fourth-order valence-corrected chi connectivity index (χ4v) is 4.79. The fourth-order valence-electron chi connectivity index (χ4n) is 2.31. The summed E-state index contributed by atoms with van der Waals surface area (Å²) in [7, 11) is -2.86. The van der Waals surface area contributed by atoms with E-state index >= 15 is 0 Å². The molecule has 120 valence electrons. The standard InChI is InChI=1S/C13H21N3O2S2.HI/c14-13(15-6-5-12-4-1-7-19-12)16-9-11-3-2-8-20(17,18)10-11;/h1,4,7,11H,2-3,5-6,8-10H2,(H3,14,15,16);1H. The molecule has 0 radical (unpaired) electrons. The number of hydrogen-bond acceptors (Lipinski definition) is 4. The second-order valence-corrected chi connectivity index (χ2v) is 8.37. The predicted octanol–water partition coefficient (Wildman–Crippen LogP) is 1.64. The van der Waals surface area contributed by atoms with Gasteiger partial charge in [0, 0.05) is 18.0 Å². The van der Waals surface area contributed by atoms with Gasteiger partial charge in [-0.1, -0.05) is 6.07 Å². The Labute approximate surface area is 147 Å². The number of halogens is 1. The van der Waals surface area contributed by atoms with Gasteiger partial charge < -0.3 is 11.1 Å². The van der Waals surface area contributed by atoms with Crippen LogP contribution in [0.2, 0.25) is 0 Å². The Hall–Kier alpha value is -0.350. The Morgan fingerprint density at radius 2 is 2.33 bits per heavy atom. The third-order valence-electron chi connectivity index (χ3n) is 3.33. The van der Waals surface area contributed by atoms with Crippen LogP contribution in [0.15, 0.2) is 22.5 Å². The molecule has 0 saturated carbocycles. The van der Waals surface area contributed by atoms with Crippen molar-refractivity contribution >= 4 is 51.1 Å². The van der Waals surface area contributed by atoms with E-state index in [0.717, 1.165) is 25.8 Å². The number of hydrogen-bond donors (Lipinski definition) is 2. The second-order valence-electron chi connectivity index (χ2n) is 5.10. The maximum atomic E-state index is 11.5. The summed E-state index contributed by atoms with van der Waals surface area (Å²) in [6, 6.07) is 4.12. The highest BCUT2D eigenvalue weighted by molar-refractivity contribution is 14.0. The summed E-state index contributed by atoms with van der Waals surface area (Å²) in [4.78, 5) is 5.56. The summed E-state index contributed by atoms with van der Waals surface area (Å²) in [5.74, 6) is 1.09. The third-order valence-corrected chi connectivity index (χ3v) is 6.16. The molecule has 1 aromatic rings. The Morgan fingerprint density at radius 1 is 1.52 bits per heavy atom. The molecule has 0 aliphatic carbocycles. The molecule has 21 heavy (non-hydrogen) atoms. The van der Waals surface area contributed by atoms with Gasteiger partial charge in [0.2, 0.25) is 0 Å².